The quantitative estimate of drug-likeness (QED) is 0.246. The van der Waals surface area contributed by atoms with E-state index in [-0.39, 0.29) is 30.6 Å². The summed E-state index contributed by atoms with van der Waals surface area (Å²) in [5, 5.41) is 37.4. The molecule has 12 heteroatoms. The van der Waals surface area contributed by atoms with E-state index in [0.717, 1.165) is 0 Å². The molecular weight excluding hydrogens is 588 g/mol. The Morgan fingerprint density at radius 2 is 1.53 bits per heavy atom. The predicted octanol–water partition coefficient (Wildman–Crippen LogP) is 2.02. The van der Waals surface area contributed by atoms with Crippen LogP contribution in [0, 0.1) is 16.7 Å². The number of hydrogen-bond acceptors (Lipinski definition) is 12. The van der Waals surface area contributed by atoms with Gasteiger partial charge in [0.2, 0.25) is 0 Å². The maximum absolute atomic E-state index is 13.9. The summed E-state index contributed by atoms with van der Waals surface area (Å²) < 4.78 is 29.6. The summed E-state index contributed by atoms with van der Waals surface area (Å²) >= 11 is 0. The van der Waals surface area contributed by atoms with Crippen LogP contribution in [0.4, 0.5) is 0 Å². The van der Waals surface area contributed by atoms with E-state index >= 15 is 0 Å². The van der Waals surface area contributed by atoms with E-state index < -0.39 is 88.5 Å². The Morgan fingerprint density at radius 3 is 2.07 bits per heavy atom. The third kappa shape index (κ3) is 4.88. The van der Waals surface area contributed by atoms with E-state index in [1.165, 1.54) is 32.9 Å². The molecule has 3 N–H and O–H groups in total. The van der Waals surface area contributed by atoms with E-state index in [0.29, 0.717) is 5.57 Å². The van der Waals surface area contributed by atoms with Gasteiger partial charge in [-0.1, -0.05) is 39.0 Å². The number of carbonyl (C=O) groups is 4. The molecule has 45 heavy (non-hydrogen) atoms. The van der Waals surface area contributed by atoms with Gasteiger partial charge in [0, 0.05) is 44.4 Å². The first-order valence-electron chi connectivity index (χ1n) is 15.1. The summed E-state index contributed by atoms with van der Waals surface area (Å²) in [6.45, 7) is 9.94. The topological polar surface area (TPSA) is 175 Å². The van der Waals surface area contributed by atoms with Gasteiger partial charge in [-0.3, -0.25) is 14.4 Å². The molecule has 3 fully saturated rings. The van der Waals surface area contributed by atoms with Crippen molar-refractivity contribution in [1.29, 1.82) is 0 Å². The number of aliphatic hydroxyl groups is 3. The molecule has 1 heterocycles. The molecule has 1 unspecified atom stereocenters. The number of hydrogen-bond donors (Lipinski definition) is 3. The summed E-state index contributed by atoms with van der Waals surface area (Å²) in [4.78, 5) is 51.5. The zero-order valence-corrected chi connectivity index (χ0v) is 26.6. The number of carbonyl (C=O) groups excluding carboxylic acids is 4. The minimum atomic E-state index is -2.11. The summed E-state index contributed by atoms with van der Waals surface area (Å²) in [5.41, 5.74) is -5.96. The molecule has 2 saturated carbocycles. The minimum Gasteiger partial charge on any atom is -0.458 e. The number of fused-ring (bicyclic) bond motifs is 5. The lowest BCUT2D eigenvalue weighted by Gasteiger charge is -2.69. The van der Waals surface area contributed by atoms with Crippen LogP contribution in [0.2, 0.25) is 0 Å². The Hall–Kier alpha value is -3.32. The van der Waals surface area contributed by atoms with Crippen LogP contribution >= 0.6 is 0 Å². The average molecular weight is 631 g/mol. The SMILES string of the molecule is CC(=O)O[C@H]1C[C@@]2(O)[C@@H](OC(=O)c3ccccc3)[C@H]3[C@@](C)([C@@H](O)CC4OC[C@]43OC(C)=O)[C@@H](O)[C@H](OC(C)=O)C(=C1C)C2(C)C. The fourth-order valence-electron chi connectivity index (χ4n) is 8.46. The Labute approximate surface area is 261 Å². The molecule has 1 aromatic carbocycles. The second-order valence-corrected chi connectivity index (χ2v) is 13.6. The van der Waals surface area contributed by atoms with Gasteiger partial charge in [-0.15, -0.1) is 0 Å². The van der Waals surface area contributed by atoms with E-state index in [9.17, 15) is 34.5 Å². The van der Waals surface area contributed by atoms with Crippen LogP contribution in [0.15, 0.2) is 41.5 Å². The highest BCUT2D eigenvalue weighted by atomic mass is 16.6. The molecule has 0 amide bonds. The number of ether oxygens (including phenoxy) is 5. The molecule has 10 atom stereocenters. The van der Waals surface area contributed by atoms with Gasteiger partial charge in [0.05, 0.1) is 24.2 Å². The van der Waals surface area contributed by atoms with E-state index in [1.54, 1.807) is 45.9 Å². The normalized spacial score (nSPS) is 39.9. The summed E-state index contributed by atoms with van der Waals surface area (Å²) in [5.74, 6) is -4.20. The number of benzene rings is 1. The van der Waals surface area contributed by atoms with Crippen molar-refractivity contribution in [1.82, 2.24) is 0 Å². The fourth-order valence-corrected chi connectivity index (χ4v) is 8.46. The molecule has 1 saturated heterocycles. The molecule has 0 spiro atoms. The lowest BCUT2D eigenvalue weighted by atomic mass is 9.44. The Balaban J connectivity index is 1.86. The maximum atomic E-state index is 13.9. The first-order valence-corrected chi connectivity index (χ1v) is 15.1. The van der Waals surface area contributed by atoms with Gasteiger partial charge in [-0.05, 0) is 30.2 Å². The van der Waals surface area contributed by atoms with Gasteiger partial charge in [0.15, 0.2) is 11.7 Å². The average Bonchev–Trinajstić information content (AvgIpc) is 2.94. The summed E-state index contributed by atoms with van der Waals surface area (Å²) in [6, 6.07) is 8.09. The lowest BCUT2D eigenvalue weighted by Crippen LogP contribution is -2.82. The number of rotatable bonds is 5. The monoisotopic (exact) mass is 630 g/mol. The highest BCUT2D eigenvalue weighted by molar-refractivity contribution is 5.89. The van der Waals surface area contributed by atoms with Crippen molar-refractivity contribution < 1.29 is 58.2 Å². The van der Waals surface area contributed by atoms with Crippen LogP contribution in [0.5, 0.6) is 0 Å². The smallest absolute Gasteiger partial charge is 0.338 e. The predicted molar refractivity (Wildman–Crippen MR) is 155 cm³/mol. The van der Waals surface area contributed by atoms with Gasteiger partial charge < -0.3 is 39.0 Å². The standard InChI is InChI=1S/C33H42O12/c1-16-21(42-17(2)34)14-33(40)28(44-29(39)20-11-9-8-10-12-20)26-31(7,22(37)13-23-32(26,15-41-23)45-19(4)36)27(38)25(43-18(3)35)24(16)30(33,5)6/h8-12,21-23,25-28,37-38,40H,13-15H2,1-7H3/t21-,22-,23?,25+,26-,27-,28-,31+,32-,33+/m0/s1. The van der Waals surface area contributed by atoms with Crippen LogP contribution in [0.3, 0.4) is 0 Å². The zero-order chi connectivity index (χ0) is 33.3. The van der Waals surface area contributed by atoms with E-state index in [2.05, 4.69) is 0 Å². The molecule has 1 aromatic rings. The second-order valence-electron chi connectivity index (χ2n) is 13.6. The van der Waals surface area contributed by atoms with Crippen molar-refractivity contribution in [2.24, 2.45) is 16.7 Å². The first kappa shape index (κ1) is 33.1. The van der Waals surface area contributed by atoms with Gasteiger partial charge in [0.25, 0.3) is 0 Å². The molecule has 12 nitrogen and oxygen atoms in total. The molecule has 246 valence electrons. The van der Waals surface area contributed by atoms with Crippen LogP contribution in [-0.4, -0.2) is 93.6 Å². The van der Waals surface area contributed by atoms with Crippen LogP contribution in [0.1, 0.15) is 71.7 Å². The summed E-state index contributed by atoms with van der Waals surface area (Å²) in [7, 11) is 0. The molecular formula is C33H42O12. The minimum absolute atomic E-state index is 0.0700. The number of aliphatic hydroxyl groups excluding tert-OH is 2. The first-order chi connectivity index (χ1) is 20.9. The molecule has 2 bridgehead atoms. The third-order valence-corrected chi connectivity index (χ3v) is 10.7. The Kier molecular flexibility index (Phi) is 8.21. The van der Waals surface area contributed by atoms with Gasteiger partial charge in [-0.2, -0.15) is 0 Å². The maximum Gasteiger partial charge on any atom is 0.338 e. The highest BCUT2D eigenvalue weighted by Gasteiger charge is 2.78. The van der Waals surface area contributed by atoms with E-state index in [4.69, 9.17) is 23.7 Å². The largest absolute Gasteiger partial charge is 0.458 e. The van der Waals surface area contributed by atoms with Gasteiger partial charge in [0.1, 0.15) is 30.0 Å². The Morgan fingerprint density at radius 1 is 0.911 bits per heavy atom. The van der Waals surface area contributed by atoms with Crippen LogP contribution in [-0.2, 0) is 38.1 Å². The van der Waals surface area contributed by atoms with Gasteiger partial charge >= 0.3 is 23.9 Å². The summed E-state index contributed by atoms with van der Waals surface area (Å²) in [6.07, 6.45) is -8.36. The van der Waals surface area contributed by atoms with Crippen molar-refractivity contribution in [2.45, 2.75) is 109 Å². The molecule has 1 aliphatic heterocycles. The van der Waals surface area contributed by atoms with E-state index in [1.807, 2.05) is 0 Å². The molecule has 5 rings (SSSR count). The van der Waals surface area contributed by atoms with Crippen molar-refractivity contribution in [3.05, 3.63) is 47.0 Å². The van der Waals surface area contributed by atoms with Crippen LogP contribution < -0.4 is 0 Å². The highest BCUT2D eigenvalue weighted by Crippen LogP contribution is 2.65. The molecule has 0 radical (unpaired) electrons. The van der Waals surface area contributed by atoms with Crippen molar-refractivity contribution >= 4 is 23.9 Å². The molecule has 0 aromatic heterocycles. The lowest BCUT2D eigenvalue weighted by molar-refractivity contribution is -0.365. The second kappa shape index (κ2) is 11.2. The fraction of sp³-hybridized carbons (Fsp3) is 0.636. The Bertz CT molecular complexity index is 1420. The van der Waals surface area contributed by atoms with Crippen LogP contribution in [0.25, 0.3) is 0 Å². The van der Waals surface area contributed by atoms with Gasteiger partial charge in [-0.25, -0.2) is 4.79 Å². The third-order valence-electron chi connectivity index (χ3n) is 10.7. The molecule has 3 aliphatic carbocycles. The van der Waals surface area contributed by atoms with Crippen molar-refractivity contribution in [2.75, 3.05) is 6.61 Å². The zero-order valence-electron chi connectivity index (χ0n) is 26.6. The number of esters is 4. The van der Waals surface area contributed by atoms with Crippen molar-refractivity contribution in [3.63, 3.8) is 0 Å². The molecule has 4 aliphatic rings. The van der Waals surface area contributed by atoms with Crippen molar-refractivity contribution in [3.8, 4) is 0 Å².